The Bertz CT molecular complexity index is 879. The molecule has 2 N–H and O–H groups in total. The normalized spacial score (nSPS) is 16.1. The number of aromatic hydroxyl groups is 1. The maximum absolute atomic E-state index is 11.6. The lowest BCUT2D eigenvalue weighted by Crippen LogP contribution is -2.17. The summed E-state index contributed by atoms with van der Waals surface area (Å²) in [5, 5.41) is 20.4. The molecule has 6 nitrogen and oxygen atoms in total. The van der Waals surface area contributed by atoms with Crippen molar-refractivity contribution in [2.75, 3.05) is 0 Å². The molecule has 0 atom stereocenters. The Morgan fingerprint density at radius 2 is 1.71 bits per heavy atom. The molecule has 0 bridgehead atoms. The molecular weight excluding hydrogens is 350 g/mol. The highest BCUT2D eigenvalue weighted by Crippen LogP contribution is 2.31. The van der Waals surface area contributed by atoms with Crippen molar-refractivity contribution < 1.29 is 14.7 Å². The summed E-state index contributed by atoms with van der Waals surface area (Å²) in [6.07, 6.45) is 1.43. The molecule has 1 aliphatic rings. The van der Waals surface area contributed by atoms with Crippen molar-refractivity contribution in [3.8, 4) is 5.75 Å². The summed E-state index contributed by atoms with van der Waals surface area (Å²) in [7, 11) is 0. The molecule has 8 heteroatoms. The summed E-state index contributed by atoms with van der Waals surface area (Å²) < 4.78 is 0. The fourth-order valence-electron chi connectivity index (χ4n) is 1.91. The molecule has 3 rings (SSSR count). The quantitative estimate of drug-likeness (QED) is 0.609. The van der Waals surface area contributed by atoms with Gasteiger partial charge < -0.3 is 5.11 Å². The van der Waals surface area contributed by atoms with Crippen molar-refractivity contribution in [2.24, 2.45) is 10.2 Å². The maximum atomic E-state index is 11.6. The second-order valence-corrected chi connectivity index (χ2v) is 6.22. The molecule has 0 aromatic heterocycles. The Balaban J connectivity index is 1.86. The third-order valence-corrected chi connectivity index (χ3v) is 4.11. The molecule has 0 unspecified atom stereocenters. The SMILES string of the molecule is O=C1NC(=O)/C(=C/c2cc(N=Nc3ccc(Cl)cc3)ccc2O)S1. The zero-order valence-electron chi connectivity index (χ0n) is 12.1. The number of benzene rings is 2. The lowest BCUT2D eigenvalue weighted by Gasteiger charge is -2.01. The zero-order chi connectivity index (χ0) is 17.1. The summed E-state index contributed by atoms with van der Waals surface area (Å²) >= 11 is 6.58. The van der Waals surface area contributed by atoms with Crippen LogP contribution in [0.1, 0.15) is 5.56 Å². The van der Waals surface area contributed by atoms with Crippen LogP contribution >= 0.6 is 23.4 Å². The van der Waals surface area contributed by atoms with E-state index in [0.717, 1.165) is 11.8 Å². The maximum Gasteiger partial charge on any atom is 0.290 e. The number of hydrogen-bond acceptors (Lipinski definition) is 6. The van der Waals surface area contributed by atoms with Gasteiger partial charge in [-0.1, -0.05) is 11.6 Å². The number of phenols is 1. The Labute approximate surface area is 146 Å². The van der Waals surface area contributed by atoms with Crippen LogP contribution in [0.3, 0.4) is 0 Å². The van der Waals surface area contributed by atoms with Crippen molar-refractivity contribution >= 4 is 52.0 Å². The number of amides is 2. The van der Waals surface area contributed by atoms with E-state index in [2.05, 4.69) is 15.5 Å². The molecule has 1 aliphatic heterocycles. The van der Waals surface area contributed by atoms with Gasteiger partial charge in [0.2, 0.25) is 0 Å². The van der Waals surface area contributed by atoms with Gasteiger partial charge in [-0.3, -0.25) is 14.9 Å². The Hall–Kier alpha value is -2.64. The molecule has 120 valence electrons. The molecule has 0 spiro atoms. The molecule has 0 aliphatic carbocycles. The number of hydrogen-bond donors (Lipinski definition) is 2. The minimum absolute atomic E-state index is 0.0271. The average Bonchev–Trinajstić information content (AvgIpc) is 2.87. The molecule has 0 saturated carbocycles. The predicted octanol–water partition coefficient (Wildman–Crippen LogP) is 4.78. The predicted molar refractivity (Wildman–Crippen MR) is 92.8 cm³/mol. The van der Waals surface area contributed by atoms with Crippen LogP contribution in [0.15, 0.2) is 57.6 Å². The van der Waals surface area contributed by atoms with Gasteiger partial charge in [-0.25, -0.2) is 0 Å². The Morgan fingerprint density at radius 1 is 1.04 bits per heavy atom. The van der Waals surface area contributed by atoms with Crippen molar-refractivity contribution in [3.63, 3.8) is 0 Å². The topological polar surface area (TPSA) is 91.1 Å². The van der Waals surface area contributed by atoms with E-state index < -0.39 is 11.1 Å². The summed E-state index contributed by atoms with van der Waals surface area (Å²) in [6.45, 7) is 0. The highest BCUT2D eigenvalue weighted by Gasteiger charge is 2.25. The van der Waals surface area contributed by atoms with E-state index in [-0.39, 0.29) is 10.7 Å². The smallest absolute Gasteiger partial charge is 0.290 e. The third-order valence-electron chi connectivity index (χ3n) is 3.05. The van der Waals surface area contributed by atoms with Gasteiger partial charge in [-0.2, -0.15) is 10.2 Å². The summed E-state index contributed by atoms with van der Waals surface area (Å²) in [6, 6.07) is 11.5. The number of imide groups is 1. The van der Waals surface area contributed by atoms with E-state index in [4.69, 9.17) is 11.6 Å². The first-order valence-corrected chi connectivity index (χ1v) is 7.96. The van der Waals surface area contributed by atoms with Crippen LogP contribution in [0, 0.1) is 0 Å². The fraction of sp³-hybridized carbons (Fsp3) is 0. The van der Waals surface area contributed by atoms with Crippen molar-refractivity contribution in [2.45, 2.75) is 0 Å². The third kappa shape index (κ3) is 3.81. The van der Waals surface area contributed by atoms with Gasteiger partial charge in [0.1, 0.15) is 5.75 Å². The number of rotatable bonds is 3. The number of carbonyl (C=O) groups excluding carboxylic acids is 2. The van der Waals surface area contributed by atoms with Crippen LogP contribution in [0.25, 0.3) is 6.08 Å². The van der Waals surface area contributed by atoms with Gasteiger partial charge in [0.05, 0.1) is 16.3 Å². The largest absolute Gasteiger partial charge is 0.507 e. The second kappa shape index (κ2) is 6.86. The minimum atomic E-state index is -0.488. The molecule has 0 radical (unpaired) electrons. The number of nitrogens with one attached hydrogen (secondary N) is 1. The molecule has 2 aromatic rings. The van der Waals surface area contributed by atoms with E-state index in [0.29, 0.717) is 22.0 Å². The first-order chi connectivity index (χ1) is 11.5. The van der Waals surface area contributed by atoms with Gasteiger partial charge in [-0.05, 0) is 60.3 Å². The molecular formula is C16H10ClN3O3S. The first kappa shape index (κ1) is 16.2. The summed E-state index contributed by atoms with van der Waals surface area (Å²) in [5.41, 5.74) is 1.49. The van der Waals surface area contributed by atoms with E-state index in [1.807, 2.05) is 0 Å². The number of carbonyl (C=O) groups is 2. The number of nitrogens with zero attached hydrogens (tertiary/aromatic N) is 2. The fourth-order valence-corrected chi connectivity index (χ4v) is 2.70. The van der Waals surface area contributed by atoms with Crippen molar-refractivity contribution in [1.29, 1.82) is 0 Å². The van der Waals surface area contributed by atoms with Gasteiger partial charge in [0.15, 0.2) is 0 Å². The van der Waals surface area contributed by atoms with Gasteiger partial charge in [0, 0.05) is 10.6 Å². The highest BCUT2D eigenvalue weighted by molar-refractivity contribution is 8.18. The van der Waals surface area contributed by atoms with Crippen LogP contribution in [0.4, 0.5) is 16.2 Å². The van der Waals surface area contributed by atoms with E-state index in [1.54, 1.807) is 36.4 Å². The molecule has 2 aromatic carbocycles. The van der Waals surface area contributed by atoms with E-state index >= 15 is 0 Å². The summed E-state index contributed by atoms with van der Waals surface area (Å²) in [4.78, 5) is 23.0. The van der Waals surface area contributed by atoms with Gasteiger partial charge in [0.25, 0.3) is 11.1 Å². The van der Waals surface area contributed by atoms with E-state index in [9.17, 15) is 14.7 Å². The molecule has 24 heavy (non-hydrogen) atoms. The Kier molecular flexibility index (Phi) is 4.64. The first-order valence-electron chi connectivity index (χ1n) is 6.76. The van der Waals surface area contributed by atoms with Gasteiger partial charge >= 0.3 is 0 Å². The molecule has 1 fully saturated rings. The number of azo groups is 1. The second-order valence-electron chi connectivity index (χ2n) is 4.77. The monoisotopic (exact) mass is 359 g/mol. The Morgan fingerprint density at radius 3 is 2.38 bits per heavy atom. The van der Waals surface area contributed by atoms with Crippen LogP contribution in [-0.2, 0) is 4.79 Å². The zero-order valence-corrected chi connectivity index (χ0v) is 13.6. The number of phenolic OH excluding ortho intramolecular Hbond substituents is 1. The number of thioether (sulfide) groups is 1. The summed E-state index contributed by atoms with van der Waals surface area (Å²) in [5.74, 6) is -0.515. The molecule has 1 heterocycles. The number of halogens is 1. The molecule has 1 saturated heterocycles. The van der Waals surface area contributed by atoms with Crippen LogP contribution in [-0.4, -0.2) is 16.3 Å². The lowest BCUT2D eigenvalue weighted by molar-refractivity contribution is -0.115. The van der Waals surface area contributed by atoms with Gasteiger partial charge in [-0.15, -0.1) is 0 Å². The standard InChI is InChI=1S/C16H10ClN3O3S/c17-10-1-3-11(4-2-10)19-20-12-5-6-13(21)9(7-12)8-14-15(22)18-16(23)24-14/h1-8,21H,(H,18,22,23)/b14-8-,20-19?. The van der Waals surface area contributed by atoms with Crippen LogP contribution in [0.2, 0.25) is 5.02 Å². The van der Waals surface area contributed by atoms with Crippen molar-refractivity contribution in [3.05, 3.63) is 58.0 Å². The molecule has 2 amide bonds. The van der Waals surface area contributed by atoms with E-state index in [1.165, 1.54) is 12.1 Å². The average molecular weight is 360 g/mol. The minimum Gasteiger partial charge on any atom is -0.507 e. The van der Waals surface area contributed by atoms with Crippen LogP contribution < -0.4 is 5.32 Å². The van der Waals surface area contributed by atoms with Crippen LogP contribution in [0.5, 0.6) is 5.75 Å². The lowest BCUT2D eigenvalue weighted by atomic mass is 10.1. The highest BCUT2D eigenvalue weighted by atomic mass is 35.5. The van der Waals surface area contributed by atoms with Crippen molar-refractivity contribution in [1.82, 2.24) is 5.32 Å².